The van der Waals surface area contributed by atoms with Crippen molar-refractivity contribution in [3.05, 3.63) is 35.4 Å². The van der Waals surface area contributed by atoms with E-state index in [0.717, 1.165) is 25.8 Å². The molecule has 118 valence electrons. The lowest BCUT2D eigenvalue weighted by atomic mass is 10.00. The third-order valence-corrected chi connectivity index (χ3v) is 3.86. The molecule has 0 bridgehead atoms. The highest BCUT2D eigenvalue weighted by molar-refractivity contribution is 5.85. The number of benzene rings is 1. The van der Waals surface area contributed by atoms with E-state index in [9.17, 15) is 4.79 Å². The number of hydrogen-bond acceptors (Lipinski definition) is 2. The van der Waals surface area contributed by atoms with E-state index in [-0.39, 0.29) is 30.4 Å². The Morgan fingerprint density at radius 1 is 1.29 bits per heavy atom. The van der Waals surface area contributed by atoms with Crippen molar-refractivity contribution in [3.8, 4) is 0 Å². The minimum Gasteiger partial charge on any atom is -0.348 e. The first-order valence-electron chi connectivity index (χ1n) is 7.69. The Kier molecular flexibility index (Phi) is 7.20. The first kappa shape index (κ1) is 18.0. The molecule has 2 N–H and O–H groups in total. The number of amides is 1. The molecule has 0 spiro atoms. The molecule has 1 aromatic carbocycles. The van der Waals surface area contributed by atoms with Gasteiger partial charge in [-0.05, 0) is 49.8 Å². The summed E-state index contributed by atoms with van der Waals surface area (Å²) in [7, 11) is 0. The number of nitrogens with one attached hydrogen (secondary N) is 2. The molecule has 1 aliphatic heterocycles. The molecule has 1 aliphatic rings. The second kappa shape index (κ2) is 8.40. The molecule has 0 aromatic heterocycles. The average molecular weight is 311 g/mol. The summed E-state index contributed by atoms with van der Waals surface area (Å²) in [4.78, 5) is 12.1. The van der Waals surface area contributed by atoms with Crippen molar-refractivity contribution < 1.29 is 4.79 Å². The maximum absolute atomic E-state index is 12.1. The molecular formula is C17H27ClN2O. The first-order valence-corrected chi connectivity index (χ1v) is 7.69. The summed E-state index contributed by atoms with van der Waals surface area (Å²) in [5.41, 5.74) is 2.53. The predicted molar refractivity (Wildman–Crippen MR) is 89.8 cm³/mol. The van der Waals surface area contributed by atoms with Crippen LogP contribution in [0.1, 0.15) is 50.8 Å². The zero-order valence-corrected chi connectivity index (χ0v) is 14.0. The molecule has 1 amide bonds. The van der Waals surface area contributed by atoms with Crippen molar-refractivity contribution in [2.75, 3.05) is 6.54 Å². The molecule has 0 saturated carbocycles. The topological polar surface area (TPSA) is 41.1 Å². The molecule has 1 heterocycles. The van der Waals surface area contributed by atoms with Crippen LogP contribution < -0.4 is 10.6 Å². The zero-order valence-electron chi connectivity index (χ0n) is 13.2. The lowest BCUT2D eigenvalue weighted by Gasteiger charge is -2.18. The van der Waals surface area contributed by atoms with Gasteiger partial charge in [0.05, 0.1) is 12.1 Å². The van der Waals surface area contributed by atoms with Crippen LogP contribution in [0.5, 0.6) is 0 Å². The maximum atomic E-state index is 12.1. The average Bonchev–Trinajstić information content (AvgIpc) is 2.92. The lowest BCUT2D eigenvalue weighted by molar-refractivity contribution is -0.123. The minimum absolute atomic E-state index is 0. The summed E-state index contributed by atoms with van der Waals surface area (Å²) in [5.74, 6) is 0.799. The fourth-order valence-electron chi connectivity index (χ4n) is 2.72. The smallest absolute Gasteiger partial charge is 0.237 e. The van der Waals surface area contributed by atoms with E-state index in [1.165, 1.54) is 11.1 Å². The normalized spacial score (nSPS) is 19.1. The molecule has 1 saturated heterocycles. The van der Waals surface area contributed by atoms with Gasteiger partial charge in [-0.1, -0.05) is 38.1 Å². The van der Waals surface area contributed by atoms with Crippen LogP contribution in [-0.2, 0) is 11.2 Å². The number of carbonyl (C=O) groups excluding carboxylic acids is 1. The van der Waals surface area contributed by atoms with E-state index in [1.54, 1.807) is 0 Å². The second-order valence-electron chi connectivity index (χ2n) is 6.22. The number of hydrogen-bond donors (Lipinski definition) is 2. The highest BCUT2D eigenvalue weighted by Gasteiger charge is 2.23. The summed E-state index contributed by atoms with van der Waals surface area (Å²) in [6, 6.07) is 8.67. The second-order valence-corrected chi connectivity index (χ2v) is 6.22. The van der Waals surface area contributed by atoms with E-state index in [1.807, 2.05) is 6.92 Å². The highest BCUT2D eigenvalue weighted by atomic mass is 35.5. The molecule has 0 aliphatic carbocycles. The Morgan fingerprint density at radius 3 is 2.48 bits per heavy atom. The van der Waals surface area contributed by atoms with Crippen molar-refractivity contribution >= 4 is 18.3 Å². The van der Waals surface area contributed by atoms with Crippen LogP contribution in [0.2, 0.25) is 0 Å². The lowest BCUT2D eigenvalue weighted by Crippen LogP contribution is -2.41. The molecule has 1 aromatic rings. The largest absolute Gasteiger partial charge is 0.348 e. The van der Waals surface area contributed by atoms with E-state index in [0.29, 0.717) is 5.92 Å². The quantitative estimate of drug-likeness (QED) is 0.876. The first-order chi connectivity index (χ1) is 9.56. The van der Waals surface area contributed by atoms with E-state index in [4.69, 9.17) is 0 Å². The Morgan fingerprint density at radius 2 is 1.95 bits per heavy atom. The number of carbonyl (C=O) groups is 1. The molecule has 21 heavy (non-hydrogen) atoms. The molecule has 1 fully saturated rings. The summed E-state index contributed by atoms with van der Waals surface area (Å²) in [5, 5.41) is 6.33. The third kappa shape index (κ3) is 5.33. The van der Waals surface area contributed by atoms with Crippen LogP contribution in [0.4, 0.5) is 0 Å². The van der Waals surface area contributed by atoms with E-state index in [2.05, 4.69) is 48.7 Å². The van der Waals surface area contributed by atoms with Gasteiger partial charge in [-0.25, -0.2) is 0 Å². The number of rotatable bonds is 5. The van der Waals surface area contributed by atoms with Gasteiger partial charge in [0.25, 0.3) is 0 Å². The van der Waals surface area contributed by atoms with Crippen molar-refractivity contribution in [1.82, 2.24) is 10.6 Å². The van der Waals surface area contributed by atoms with Crippen LogP contribution in [0.3, 0.4) is 0 Å². The van der Waals surface area contributed by atoms with Gasteiger partial charge in [0.15, 0.2) is 0 Å². The van der Waals surface area contributed by atoms with E-state index < -0.39 is 0 Å². The third-order valence-electron chi connectivity index (χ3n) is 3.86. The van der Waals surface area contributed by atoms with Gasteiger partial charge in [0, 0.05) is 0 Å². The standard InChI is InChI=1S/C17H26N2O.ClH/c1-12(2)11-14-6-8-15(9-7-14)13(3)19-17(20)16-5-4-10-18-16;/h6-9,12-13,16,18H,4-5,10-11H2,1-3H3,(H,19,20);1H. The van der Waals surface area contributed by atoms with Crippen molar-refractivity contribution in [3.63, 3.8) is 0 Å². The van der Waals surface area contributed by atoms with Gasteiger partial charge in [-0.2, -0.15) is 0 Å². The van der Waals surface area contributed by atoms with Crippen molar-refractivity contribution in [2.45, 2.75) is 52.1 Å². The van der Waals surface area contributed by atoms with Crippen molar-refractivity contribution in [1.29, 1.82) is 0 Å². The Labute approximate surface area is 134 Å². The van der Waals surface area contributed by atoms with Crippen LogP contribution >= 0.6 is 12.4 Å². The summed E-state index contributed by atoms with van der Waals surface area (Å²) in [6.07, 6.45) is 3.15. The van der Waals surface area contributed by atoms with Gasteiger partial charge in [0.1, 0.15) is 0 Å². The SMILES string of the molecule is CC(C)Cc1ccc(C(C)NC(=O)C2CCCN2)cc1.Cl. The van der Waals surface area contributed by atoms with Crippen LogP contribution in [-0.4, -0.2) is 18.5 Å². The van der Waals surface area contributed by atoms with Crippen LogP contribution in [0, 0.1) is 5.92 Å². The van der Waals surface area contributed by atoms with Gasteiger partial charge in [-0.15, -0.1) is 12.4 Å². The molecule has 4 heteroatoms. The summed E-state index contributed by atoms with van der Waals surface area (Å²) in [6.45, 7) is 7.46. The number of halogens is 1. The Bertz CT molecular complexity index is 439. The molecule has 0 radical (unpaired) electrons. The van der Waals surface area contributed by atoms with Gasteiger partial charge >= 0.3 is 0 Å². The Balaban J connectivity index is 0.00000220. The summed E-state index contributed by atoms with van der Waals surface area (Å²) < 4.78 is 0. The Hall–Kier alpha value is -1.06. The maximum Gasteiger partial charge on any atom is 0.237 e. The van der Waals surface area contributed by atoms with Crippen molar-refractivity contribution in [2.24, 2.45) is 5.92 Å². The van der Waals surface area contributed by atoms with E-state index >= 15 is 0 Å². The van der Waals surface area contributed by atoms with Crippen LogP contribution in [0.25, 0.3) is 0 Å². The van der Waals surface area contributed by atoms with Gasteiger partial charge < -0.3 is 10.6 Å². The fraction of sp³-hybridized carbons (Fsp3) is 0.588. The fourth-order valence-corrected chi connectivity index (χ4v) is 2.72. The summed E-state index contributed by atoms with van der Waals surface area (Å²) >= 11 is 0. The zero-order chi connectivity index (χ0) is 14.5. The highest BCUT2D eigenvalue weighted by Crippen LogP contribution is 2.16. The van der Waals surface area contributed by atoms with Gasteiger partial charge in [0.2, 0.25) is 5.91 Å². The molecule has 2 atom stereocenters. The monoisotopic (exact) mass is 310 g/mol. The van der Waals surface area contributed by atoms with Crippen LogP contribution in [0.15, 0.2) is 24.3 Å². The van der Waals surface area contributed by atoms with Gasteiger partial charge in [-0.3, -0.25) is 4.79 Å². The molecule has 3 nitrogen and oxygen atoms in total. The molecule has 2 unspecified atom stereocenters. The molecular weight excluding hydrogens is 284 g/mol. The molecule has 2 rings (SSSR count). The predicted octanol–water partition coefficient (Wildman–Crippen LogP) is 3.24. The minimum atomic E-state index is -0.00216.